The molecule has 0 N–H and O–H groups in total. The zero-order valence-corrected chi connectivity index (χ0v) is 12.3. The van der Waals surface area contributed by atoms with E-state index < -0.39 is 0 Å². The molecule has 1 atom stereocenters. The van der Waals surface area contributed by atoms with Crippen LogP contribution in [-0.2, 0) is 16.1 Å². The predicted octanol–water partition coefficient (Wildman–Crippen LogP) is 3.40. The summed E-state index contributed by atoms with van der Waals surface area (Å²) >= 11 is 6.06. The molecule has 0 aliphatic heterocycles. The summed E-state index contributed by atoms with van der Waals surface area (Å²) in [4.78, 5) is 8.76. The van der Waals surface area contributed by atoms with Crippen LogP contribution in [0.1, 0.15) is 30.1 Å². The minimum Gasteiger partial charge on any atom is -0.378 e. The molecule has 0 spiro atoms. The van der Waals surface area contributed by atoms with Crippen LogP contribution in [0.4, 0.5) is 0 Å². The summed E-state index contributed by atoms with van der Waals surface area (Å²) in [5.41, 5.74) is 1.74. The quantitative estimate of drug-likeness (QED) is 0.766. The second kappa shape index (κ2) is 7.33. The highest BCUT2D eigenvalue weighted by molar-refractivity contribution is 6.29. The molecule has 1 unspecified atom stereocenters. The van der Waals surface area contributed by atoms with Gasteiger partial charge in [-0.25, -0.2) is 9.97 Å². The smallest absolute Gasteiger partial charge is 0.163 e. The lowest BCUT2D eigenvalue weighted by molar-refractivity contribution is 0.0844. The Morgan fingerprint density at radius 1 is 1.20 bits per heavy atom. The van der Waals surface area contributed by atoms with Crippen molar-refractivity contribution in [2.24, 2.45) is 0 Å². The van der Waals surface area contributed by atoms with Gasteiger partial charge in [0.1, 0.15) is 11.3 Å². The van der Waals surface area contributed by atoms with Gasteiger partial charge in [-0.05, 0) is 18.6 Å². The molecule has 0 amide bonds. The summed E-state index contributed by atoms with van der Waals surface area (Å²) in [7, 11) is 1.62. The molecular weight excluding hydrogens is 276 g/mol. The fraction of sp³-hybridized carbons (Fsp3) is 0.333. The van der Waals surface area contributed by atoms with Crippen LogP contribution in [0.3, 0.4) is 0 Å². The summed E-state index contributed by atoms with van der Waals surface area (Å²) in [6.07, 6.45) is -0.324. The number of halogens is 1. The number of nitrogens with zero attached hydrogens (tertiary/aromatic N) is 2. The third-order valence-corrected chi connectivity index (χ3v) is 2.92. The molecule has 0 saturated heterocycles. The molecule has 0 aliphatic carbocycles. The minimum absolute atomic E-state index is 0.324. The number of rotatable bonds is 6. The van der Waals surface area contributed by atoms with Gasteiger partial charge < -0.3 is 9.47 Å². The molecule has 0 radical (unpaired) electrons. The van der Waals surface area contributed by atoms with Crippen LogP contribution >= 0.6 is 11.6 Å². The van der Waals surface area contributed by atoms with Crippen molar-refractivity contribution in [3.8, 4) is 0 Å². The van der Waals surface area contributed by atoms with E-state index in [2.05, 4.69) is 9.97 Å². The molecule has 0 aliphatic rings. The van der Waals surface area contributed by atoms with E-state index >= 15 is 0 Å². The molecule has 106 valence electrons. The third kappa shape index (κ3) is 3.76. The van der Waals surface area contributed by atoms with E-state index in [4.69, 9.17) is 21.1 Å². The van der Waals surface area contributed by atoms with Crippen molar-refractivity contribution in [2.45, 2.75) is 19.6 Å². The van der Waals surface area contributed by atoms with Gasteiger partial charge in [-0.3, -0.25) is 0 Å². The first-order chi connectivity index (χ1) is 9.74. The summed E-state index contributed by atoms with van der Waals surface area (Å²) in [5, 5.41) is 0.391. The molecule has 2 rings (SSSR count). The van der Waals surface area contributed by atoms with E-state index in [1.807, 2.05) is 37.3 Å². The Bertz CT molecular complexity index is 549. The van der Waals surface area contributed by atoms with Crippen molar-refractivity contribution in [2.75, 3.05) is 13.7 Å². The van der Waals surface area contributed by atoms with E-state index in [0.29, 0.717) is 24.2 Å². The lowest BCUT2D eigenvalue weighted by atomic mass is 10.1. The zero-order chi connectivity index (χ0) is 14.4. The van der Waals surface area contributed by atoms with Crippen LogP contribution in [0.2, 0.25) is 5.15 Å². The van der Waals surface area contributed by atoms with Gasteiger partial charge in [-0.15, -0.1) is 0 Å². The summed E-state index contributed by atoms with van der Waals surface area (Å²) in [5.74, 6) is 0.553. The van der Waals surface area contributed by atoms with Gasteiger partial charge in [0.2, 0.25) is 0 Å². The molecule has 20 heavy (non-hydrogen) atoms. The van der Waals surface area contributed by atoms with Crippen LogP contribution in [0.25, 0.3) is 0 Å². The molecule has 5 heteroatoms. The van der Waals surface area contributed by atoms with E-state index in [1.165, 1.54) is 0 Å². The zero-order valence-electron chi connectivity index (χ0n) is 11.5. The van der Waals surface area contributed by atoms with Crippen LogP contribution in [0.5, 0.6) is 0 Å². The van der Waals surface area contributed by atoms with E-state index in [-0.39, 0.29) is 6.10 Å². The first-order valence-corrected chi connectivity index (χ1v) is 6.81. The standard InChI is InChI=1S/C15H17ClN2O2/c1-3-20-14(11-7-5-4-6-8-11)15-17-12(10-19-2)9-13(16)18-15/h4-9,14H,3,10H2,1-2H3. The first kappa shape index (κ1) is 14.9. The molecule has 1 aromatic carbocycles. The van der Waals surface area contributed by atoms with Gasteiger partial charge in [0.15, 0.2) is 5.82 Å². The maximum atomic E-state index is 6.06. The number of ether oxygens (including phenoxy) is 2. The highest BCUT2D eigenvalue weighted by Crippen LogP contribution is 2.24. The van der Waals surface area contributed by atoms with Gasteiger partial charge in [0.25, 0.3) is 0 Å². The topological polar surface area (TPSA) is 44.2 Å². The fourth-order valence-corrected chi connectivity index (χ4v) is 2.15. The number of hydrogen-bond donors (Lipinski definition) is 0. The Balaban J connectivity index is 2.38. The molecule has 4 nitrogen and oxygen atoms in total. The van der Waals surface area contributed by atoms with E-state index in [0.717, 1.165) is 11.3 Å². The van der Waals surface area contributed by atoms with Crippen molar-refractivity contribution >= 4 is 11.6 Å². The van der Waals surface area contributed by atoms with Gasteiger partial charge in [0, 0.05) is 13.7 Å². The lowest BCUT2D eigenvalue weighted by Gasteiger charge is -2.17. The fourth-order valence-electron chi connectivity index (χ4n) is 1.94. The van der Waals surface area contributed by atoms with E-state index in [9.17, 15) is 0 Å². The van der Waals surface area contributed by atoms with Crippen LogP contribution in [0, 0.1) is 0 Å². The average molecular weight is 293 g/mol. The Morgan fingerprint density at radius 3 is 2.60 bits per heavy atom. The third-order valence-electron chi connectivity index (χ3n) is 2.73. The Morgan fingerprint density at radius 2 is 1.95 bits per heavy atom. The first-order valence-electron chi connectivity index (χ1n) is 6.43. The largest absolute Gasteiger partial charge is 0.378 e. The second-order valence-corrected chi connectivity index (χ2v) is 4.61. The Kier molecular flexibility index (Phi) is 5.47. The summed E-state index contributed by atoms with van der Waals surface area (Å²) < 4.78 is 10.9. The Labute approximate surface area is 123 Å². The minimum atomic E-state index is -0.324. The lowest BCUT2D eigenvalue weighted by Crippen LogP contribution is -2.12. The number of hydrogen-bond acceptors (Lipinski definition) is 4. The molecule has 2 aromatic rings. The van der Waals surface area contributed by atoms with Gasteiger partial charge in [0.05, 0.1) is 12.3 Å². The molecular formula is C15H17ClN2O2. The molecule has 1 heterocycles. The van der Waals surface area contributed by atoms with Crippen LogP contribution in [-0.4, -0.2) is 23.7 Å². The highest BCUT2D eigenvalue weighted by atomic mass is 35.5. The normalized spacial score (nSPS) is 12.3. The van der Waals surface area contributed by atoms with Gasteiger partial charge in [-0.1, -0.05) is 41.9 Å². The van der Waals surface area contributed by atoms with Crippen LogP contribution < -0.4 is 0 Å². The molecule has 0 fully saturated rings. The predicted molar refractivity (Wildman–Crippen MR) is 77.7 cm³/mol. The molecule has 0 bridgehead atoms. The average Bonchev–Trinajstić information content (AvgIpc) is 2.45. The van der Waals surface area contributed by atoms with E-state index in [1.54, 1.807) is 13.2 Å². The van der Waals surface area contributed by atoms with Gasteiger partial charge in [-0.2, -0.15) is 0 Å². The van der Waals surface area contributed by atoms with Crippen LogP contribution in [0.15, 0.2) is 36.4 Å². The van der Waals surface area contributed by atoms with Crippen molar-refractivity contribution in [1.29, 1.82) is 0 Å². The second-order valence-electron chi connectivity index (χ2n) is 4.22. The maximum absolute atomic E-state index is 6.06. The number of methoxy groups -OCH3 is 1. The van der Waals surface area contributed by atoms with Crippen molar-refractivity contribution < 1.29 is 9.47 Å². The number of aromatic nitrogens is 2. The highest BCUT2D eigenvalue weighted by Gasteiger charge is 2.18. The SMILES string of the molecule is CCOC(c1ccccc1)c1nc(Cl)cc(COC)n1. The Hall–Kier alpha value is -1.49. The maximum Gasteiger partial charge on any atom is 0.163 e. The summed E-state index contributed by atoms with van der Waals surface area (Å²) in [6, 6.07) is 11.6. The van der Waals surface area contributed by atoms with Crippen molar-refractivity contribution in [3.05, 3.63) is 58.6 Å². The molecule has 0 saturated carbocycles. The van der Waals surface area contributed by atoms with Crippen molar-refractivity contribution in [1.82, 2.24) is 9.97 Å². The molecule has 1 aromatic heterocycles. The summed E-state index contributed by atoms with van der Waals surface area (Å²) in [6.45, 7) is 2.90. The van der Waals surface area contributed by atoms with Crippen molar-refractivity contribution in [3.63, 3.8) is 0 Å². The monoisotopic (exact) mass is 292 g/mol. The van der Waals surface area contributed by atoms with Gasteiger partial charge >= 0.3 is 0 Å². The number of benzene rings is 1.